The summed E-state index contributed by atoms with van der Waals surface area (Å²) in [4.78, 5) is 14.5. The van der Waals surface area contributed by atoms with Crippen molar-refractivity contribution in [3.63, 3.8) is 0 Å². The minimum absolute atomic E-state index is 0.626. The summed E-state index contributed by atoms with van der Waals surface area (Å²) in [6, 6.07) is 15.1. The first-order valence-corrected chi connectivity index (χ1v) is 5.57. The minimum Gasteiger partial charge on any atom is -0.342 e. The topological polar surface area (TPSA) is 40.6 Å². The SMILES string of the molecule is COOC(OC)(c1ccccc1)c1ccccn1. The van der Waals surface area contributed by atoms with Gasteiger partial charge in [-0.15, -0.1) is 0 Å². The molecule has 0 saturated heterocycles. The molecule has 0 bridgehead atoms. The summed E-state index contributed by atoms with van der Waals surface area (Å²) in [5, 5.41) is 0. The van der Waals surface area contributed by atoms with Crippen molar-refractivity contribution in [2.24, 2.45) is 0 Å². The van der Waals surface area contributed by atoms with Crippen LogP contribution in [-0.2, 0) is 20.3 Å². The fourth-order valence-electron chi connectivity index (χ4n) is 1.83. The fourth-order valence-corrected chi connectivity index (χ4v) is 1.83. The van der Waals surface area contributed by atoms with E-state index in [1.54, 1.807) is 13.3 Å². The van der Waals surface area contributed by atoms with Crippen LogP contribution in [0, 0.1) is 0 Å². The van der Waals surface area contributed by atoms with Crippen LogP contribution in [0.25, 0.3) is 0 Å². The minimum atomic E-state index is -1.16. The molecule has 0 aliphatic heterocycles. The largest absolute Gasteiger partial charge is 0.342 e. The molecule has 4 heteroatoms. The number of hydrogen-bond donors (Lipinski definition) is 0. The third-order valence-corrected chi connectivity index (χ3v) is 2.64. The van der Waals surface area contributed by atoms with Crippen LogP contribution < -0.4 is 0 Å². The molecule has 0 N–H and O–H groups in total. The molecule has 0 aliphatic rings. The van der Waals surface area contributed by atoms with Crippen LogP contribution in [0.1, 0.15) is 11.3 Å². The maximum Gasteiger partial charge on any atom is 0.270 e. The molecule has 1 unspecified atom stereocenters. The molecule has 0 fully saturated rings. The van der Waals surface area contributed by atoms with E-state index in [0.717, 1.165) is 5.56 Å². The van der Waals surface area contributed by atoms with Crippen molar-refractivity contribution >= 4 is 0 Å². The van der Waals surface area contributed by atoms with Gasteiger partial charge in [0.25, 0.3) is 5.79 Å². The Morgan fingerprint density at radius 2 is 1.67 bits per heavy atom. The van der Waals surface area contributed by atoms with Gasteiger partial charge in [-0.25, -0.2) is 4.89 Å². The summed E-state index contributed by atoms with van der Waals surface area (Å²) in [5.74, 6) is -1.16. The second-order valence-corrected chi connectivity index (χ2v) is 3.65. The lowest BCUT2D eigenvalue weighted by Gasteiger charge is -2.29. The van der Waals surface area contributed by atoms with Gasteiger partial charge in [0.05, 0.1) is 7.11 Å². The quantitative estimate of drug-likeness (QED) is 0.461. The summed E-state index contributed by atoms with van der Waals surface area (Å²) in [6.45, 7) is 0. The van der Waals surface area contributed by atoms with Gasteiger partial charge in [0.1, 0.15) is 5.69 Å². The van der Waals surface area contributed by atoms with Crippen LogP contribution in [0.15, 0.2) is 54.7 Å². The molecule has 18 heavy (non-hydrogen) atoms. The van der Waals surface area contributed by atoms with Crippen molar-refractivity contribution < 1.29 is 14.5 Å². The molecule has 0 radical (unpaired) electrons. The van der Waals surface area contributed by atoms with E-state index in [9.17, 15) is 0 Å². The zero-order valence-corrected chi connectivity index (χ0v) is 10.4. The molecule has 94 valence electrons. The summed E-state index contributed by atoms with van der Waals surface area (Å²) in [5.41, 5.74) is 1.44. The second-order valence-electron chi connectivity index (χ2n) is 3.65. The van der Waals surface area contributed by atoms with Crippen LogP contribution in [0.4, 0.5) is 0 Å². The first-order valence-electron chi connectivity index (χ1n) is 5.57. The standard InChI is InChI=1S/C14H15NO3/c1-16-14(18-17-2,12-8-4-3-5-9-12)13-10-6-7-11-15-13/h3-11H,1-2H3. The van der Waals surface area contributed by atoms with Crippen molar-refractivity contribution in [2.45, 2.75) is 5.79 Å². The molecule has 0 aliphatic carbocycles. The average Bonchev–Trinajstić information content (AvgIpc) is 2.47. The summed E-state index contributed by atoms with van der Waals surface area (Å²) in [7, 11) is 3.00. The van der Waals surface area contributed by atoms with Crippen molar-refractivity contribution in [2.75, 3.05) is 14.2 Å². The van der Waals surface area contributed by atoms with Crippen molar-refractivity contribution in [3.05, 3.63) is 66.0 Å². The Kier molecular flexibility index (Phi) is 4.04. The van der Waals surface area contributed by atoms with E-state index >= 15 is 0 Å². The van der Waals surface area contributed by atoms with Gasteiger partial charge in [0.15, 0.2) is 0 Å². The zero-order valence-electron chi connectivity index (χ0n) is 10.4. The molecule has 1 aromatic heterocycles. The molecule has 1 heterocycles. The van der Waals surface area contributed by atoms with Crippen molar-refractivity contribution in [1.29, 1.82) is 0 Å². The Balaban J connectivity index is 2.53. The predicted molar refractivity (Wildman–Crippen MR) is 66.6 cm³/mol. The zero-order chi connectivity index (χ0) is 12.8. The first kappa shape index (κ1) is 12.7. The van der Waals surface area contributed by atoms with Crippen molar-refractivity contribution in [1.82, 2.24) is 4.98 Å². The molecule has 2 rings (SSSR count). The van der Waals surface area contributed by atoms with Gasteiger partial charge in [-0.1, -0.05) is 36.4 Å². The molecule has 0 amide bonds. The van der Waals surface area contributed by atoms with Crippen LogP contribution >= 0.6 is 0 Å². The maximum absolute atomic E-state index is 5.54. The molecular weight excluding hydrogens is 230 g/mol. The summed E-state index contributed by atoms with van der Waals surface area (Å²) >= 11 is 0. The number of nitrogens with zero attached hydrogens (tertiary/aromatic N) is 1. The lowest BCUT2D eigenvalue weighted by molar-refractivity contribution is -0.406. The average molecular weight is 245 g/mol. The number of hydrogen-bond acceptors (Lipinski definition) is 4. The smallest absolute Gasteiger partial charge is 0.270 e. The highest BCUT2D eigenvalue weighted by Gasteiger charge is 2.38. The van der Waals surface area contributed by atoms with Gasteiger partial charge in [0.2, 0.25) is 0 Å². The van der Waals surface area contributed by atoms with E-state index in [1.807, 2.05) is 48.5 Å². The number of rotatable bonds is 5. The third-order valence-electron chi connectivity index (χ3n) is 2.64. The maximum atomic E-state index is 5.54. The highest BCUT2D eigenvalue weighted by atomic mass is 17.2. The van der Waals surface area contributed by atoms with Gasteiger partial charge in [0, 0.05) is 18.9 Å². The highest BCUT2D eigenvalue weighted by Crippen LogP contribution is 2.33. The van der Waals surface area contributed by atoms with Gasteiger partial charge in [-0.3, -0.25) is 4.98 Å². The Morgan fingerprint density at radius 1 is 0.944 bits per heavy atom. The monoisotopic (exact) mass is 245 g/mol. The van der Waals surface area contributed by atoms with E-state index < -0.39 is 5.79 Å². The van der Waals surface area contributed by atoms with Crippen LogP contribution in [0.5, 0.6) is 0 Å². The van der Waals surface area contributed by atoms with E-state index in [4.69, 9.17) is 14.5 Å². The van der Waals surface area contributed by atoms with E-state index in [-0.39, 0.29) is 0 Å². The Hall–Kier alpha value is -1.75. The predicted octanol–water partition coefficient (Wildman–Crippen LogP) is 2.51. The van der Waals surface area contributed by atoms with E-state index in [2.05, 4.69) is 4.98 Å². The van der Waals surface area contributed by atoms with Gasteiger partial charge >= 0.3 is 0 Å². The summed E-state index contributed by atoms with van der Waals surface area (Å²) in [6.07, 6.45) is 1.69. The summed E-state index contributed by atoms with van der Waals surface area (Å²) < 4.78 is 5.54. The number of pyridine rings is 1. The van der Waals surface area contributed by atoms with Crippen LogP contribution in [-0.4, -0.2) is 19.2 Å². The number of aromatic nitrogens is 1. The molecule has 1 aromatic carbocycles. The second kappa shape index (κ2) is 5.73. The Morgan fingerprint density at radius 3 is 2.22 bits per heavy atom. The Bertz CT molecular complexity index is 433. The van der Waals surface area contributed by atoms with Crippen LogP contribution in [0.2, 0.25) is 0 Å². The lowest BCUT2D eigenvalue weighted by Crippen LogP contribution is -2.34. The van der Waals surface area contributed by atoms with Gasteiger partial charge < -0.3 is 4.74 Å². The lowest BCUT2D eigenvalue weighted by atomic mass is 10.0. The highest BCUT2D eigenvalue weighted by molar-refractivity contribution is 5.29. The van der Waals surface area contributed by atoms with Crippen LogP contribution in [0.3, 0.4) is 0 Å². The molecular formula is C14H15NO3. The molecule has 4 nitrogen and oxygen atoms in total. The molecule has 0 saturated carbocycles. The normalized spacial score (nSPS) is 14.1. The van der Waals surface area contributed by atoms with E-state index in [1.165, 1.54) is 7.11 Å². The molecule has 0 spiro atoms. The van der Waals surface area contributed by atoms with Gasteiger partial charge in [-0.05, 0) is 12.1 Å². The number of ether oxygens (including phenoxy) is 1. The number of methoxy groups -OCH3 is 1. The van der Waals surface area contributed by atoms with Gasteiger partial charge in [-0.2, -0.15) is 4.89 Å². The third kappa shape index (κ3) is 2.26. The first-order chi connectivity index (χ1) is 8.83. The number of benzene rings is 1. The van der Waals surface area contributed by atoms with Crippen molar-refractivity contribution in [3.8, 4) is 0 Å². The molecule has 1 atom stereocenters. The molecule has 2 aromatic rings. The van der Waals surface area contributed by atoms with E-state index in [0.29, 0.717) is 5.69 Å². The fraction of sp³-hybridized carbons (Fsp3) is 0.214. The Labute approximate surface area is 106 Å².